The zero-order valence-corrected chi connectivity index (χ0v) is 31.6. The Labute approximate surface area is 289 Å². The van der Waals surface area contributed by atoms with Gasteiger partial charge in [0.2, 0.25) is 0 Å². The maximum atomic E-state index is 12.2. The molecule has 5 rings (SSSR count). The van der Waals surface area contributed by atoms with Gasteiger partial charge < -0.3 is 25.5 Å². The average Bonchev–Trinajstić information content (AvgIpc) is 3.02. The van der Waals surface area contributed by atoms with E-state index in [4.69, 9.17) is 0 Å². The normalized spacial score (nSPS) is 54.7. The van der Waals surface area contributed by atoms with Crippen LogP contribution in [0.2, 0.25) is 0 Å². The Hall–Kier alpha value is -0.200. The number of aliphatic hydroxyl groups excluding tert-OH is 5. The van der Waals surface area contributed by atoms with Gasteiger partial charge in [0.15, 0.2) is 0 Å². The molecule has 0 heterocycles. The Morgan fingerprint density at radius 1 is 0.362 bits per heavy atom. The molecular weight excluding hydrogens is 584 g/mol. The maximum Gasteiger partial charge on any atom is 0.0599 e. The molecule has 5 aliphatic carbocycles. The number of hydrogen-bond donors (Lipinski definition) is 5. The van der Waals surface area contributed by atoms with Crippen LogP contribution in [0.15, 0.2) is 0 Å². The summed E-state index contributed by atoms with van der Waals surface area (Å²) in [4.78, 5) is 0. The first-order chi connectivity index (χ1) is 22.2. The van der Waals surface area contributed by atoms with E-state index >= 15 is 0 Å². The molecule has 0 aromatic heterocycles. The molecule has 47 heavy (non-hydrogen) atoms. The van der Waals surface area contributed by atoms with Crippen LogP contribution in [0.4, 0.5) is 0 Å². The molecule has 0 radical (unpaired) electrons. The second-order valence-electron chi connectivity index (χ2n) is 19.4. The van der Waals surface area contributed by atoms with E-state index in [9.17, 15) is 25.5 Å². The molecule has 0 aromatic carbocycles. The van der Waals surface area contributed by atoms with Gasteiger partial charge in [0.05, 0.1) is 30.5 Å². The molecule has 0 aliphatic heterocycles. The Kier molecular flexibility index (Phi) is 12.9. The summed E-state index contributed by atoms with van der Waals surface area (Å²) < 4.78 is 0. The fourth-order valence-electron chi connectivity index (χ4n) is 12.6. The lowest BCUT2D eigenvalue weighted by Gasteiger charge is -2.51. The van der Waals surface area contributed by atoms with Crippen molar-refractivity contribution in [3.05, 3.63) is 0 Å². The van der Waals surface area contributed by atoms with Crippen LogP contribution in [0.1, 0.15) is 139 Å². The van der Waals surface area contributed by atoms with Gasteiger partial charge in [-0.15, -0.1) is 0 Å². The van der Waals surface area contributed by atoms with Crippen molar-refractivity contribution in [3.63, 3.8) is 0 Å². The predicted octanol–water partition coefficient (Wildman–Crippen LogP) is 7.95. The lowest BCUT2D eigenvalue weighted by atomic mass is 9.56. The van der Waals surface area contributed by atoms with Crippen LogP contribution >= 0.6 is 0 Å². The molecule has 5 saturated carbocycles. The highest BCUT2D eigenvalue weighted by Gasteiger charge is 2.49. The lowest BCUT2D eigenvalue weighted by molar-refractivity contribution is -0.0962. The van der Waals surface area contributed by atoms with Crippen molar-refractivity contribution in [2.75, 3.05) is 0 Å². The third-order valence-corrected chi connectivity index (χ3v) is 16.1. The van der Waals surface area contributed by atoms with Crippen molar-refractivity contribution in [1.82, 2.24) is 0 Å². The summed E-state index contributed by atoms with van der Waals surface area (Å²) in [6.07, 6.45) is 11.9. The van der Waals surface area contributed by atoms with Gasteiger partial charge in [-0.2, -0.15) is 0 Å². The molecule has 274 valence electrons. The van der Waals surface area contributed by atoms with E-state index in [-0.39, 0.29) is 60.1 Å². The van der Waals surface area contributed by atoms with Crippen molar-refractivity contribution in [3.8, 4) is 0 Å². The number of rotatable bonds is 8. The van der Waals surface area contributed by atoms with Crippen LogP contribution in [0.5, 0.6) is 0 Å². The second kappa shape index (κ2) is 16.0. The molecule has 21 atom stereocenters. The Balaban J connectivity index is 1.26. The van der Waals surface area contributed by atoms with E-state index in [1.54, 1.807) is 0 Å². The summed E-state index contributed by atoms with van der Waals surface area (Å²) in [5, 5.41) is 56.8. The first kappa shape index (κ1) is 38.0. The van der Waals surface area contributed by atoms with Crippen LogP contribution in [-0.2, 0) is 0 Å². The molecule has 21 unspecified atom stereocenters. The molecule has 5 heteroatoms. The molecule has 5 aliphatic rings. The molecule has 5 N–H and O–H groups in total. The fourth-order valence-corrected chi connectivity index (χ4v) is 12.6. The molecule has 0 saturated heterocycles. The third kappa shape index (κ3) is 8.48. The summed E-state index contributed by atoms with van der Waals surface area (Å²) in [5.74, 6) is 6.22. The minimum Gasteiger partial charge on any atom is -0.393 e. The largest absolute Gasteiger partial charge is 0.393 e. The first-order valence-corrected chi connectivity index (χ1v) is 20.6. The summed E-state index contributed by atoms with van der Waals surface area (Å²) in [6, 6.07) is 0. The lowest BCUT2D eigenvalue weighted by Crippen LogP contribution is -2.49. The van der Waals surface area contributed by atoms with Gasteiger partial charge in [-0.25, -0.2) is 0 Å². The Morgan fingerprint density at radius 3 is 1.21 bits per heavy atom. The van der Waals surface area contributed by atoms with Crippen LogP contribution in [0, 0.1) is 94.7 Å². The molecule has 0 amide bonds. The third-order valence-electron chi connectivity index (χ3n) is 16.1. The standard InChI is InChI=1S/C42H76O5/c1-22-9-11-38(43)32(13-22)20-36-28(7)30(16-25(4)40(36)45)18-34-15-24(3)27(6)35(42(34)47)19-31-17-26(5)41(46)37(29(31)8)21-33-14-23(2)10-12-39(33)44/h22-47H,9-21H2,1-8H3. The first-order valence-electron chi connectivity index (χ1n) is 20.6. The summed E-state index contributed by atoms with van der Waals surface area (Å²) in [5.41, 5.74) is 0. The molecule has 0 bridgehead atoms. The van der Waals surface area contributed by atoms with Crippen molar-refractivity contribution in [1.29, 1.82) is 0 Å². The summed E-state index contributed by atoms with van der Waals surface area (Å²) >= 11 is 0. The van der Waals surface area contributed by atoms with Gasteiger partial charge in [0, 0.05) is 0 Å². The van der Waals surface area contributed by atoms with E-state index in [0.717, 1.165) is 83.5 Å². The van der Waals surface area contributed by atoms with E-state index < -0.39 is 0 Å². The van der Waals surface area contributed by atoms with Crippen molar-refractivity contribution < 1.29 is 25.5 Å². The fraction of sp³-hybridized carbons (Fsp3) is 1.00. The van der Waals surface area contributed by atoms with E-state index in [0.29, 0.717) is 65.1 Å². The second-order valence-corrected chi connectivity index (χ2v) is 19.4. The van der Waals surface area contributed by atoms with Crippen molar-refractivity contribution in [2.24, 2.45) is 94.7 Å². The van der Waals surface area contributed by atoms with Crippen LogP contribution in [0.25, 0.3) is 0 Å². The topological polar surface area (TPSA) is 101 Å². The quantitative estimate of drug-likeness (QED) is 0.182. The predicted molar refractivity (Wildman–Crippen MR) is 191 cm³/mol. The smallest absolute Gasteiger partial charge is 0.0599 e. The SMILES string of the molecule is CC1CCC(O)C(CC2C(C)C(CC3CC(C)C(C)C(CC4CC(C)C(O)C(CC5CC(C)CCC5O)C4C)C3O)CC(C)C2O)C1. The van der Waals surface area contributed by atoms with Gasteiger partial charge in [-0.3, -0.25) is 0 Å². The molecular formula is C42H76O5. The zero-order chi connectivity index (χ0) is 34.3. The van der Waals surface area contributed by atoms with Gasteiger partial charge in [-0.05, 0) is 178 Å². The van der Waals surface area contributed by atoms with Crippen LogP contribution < -0.4 is 0 Å². The molecule has 5 nitrogen and oxygen atoms in total. The van der Waals surface area contributed by atoms with Gasteiger partial charge in [0.1, 0.15) is 0 Å². The zero-order valence-electron chi connectivity index (χ0n) is 31.6. The minimum absolute atomic E-state index is 0.219. The Bertz CT molecular complexity index is 973. The highest BCUT2D eigenvalue weighted by Crippen LogP contribution is 2.52. The van der Waals surface area contributed by atoms with Crippen LogP contribution in [-0.4, -0.2) is 56.1 Å². The average molecular weight is 661 g/mol. The maximum absolute atomic E-state index is 12.2. The van der Waals surface area contributed by atoms with Crippen molar-refractivity contribution in [2.45, 2.75) is 169 Å². The number of hydrogen-bond acceptors (Lipinski definition) is 5. The highest BCUT2D eigenvalue weighted by atomic mass is 16.3. The van der Waals surface area contributed by atoms with Crippen molar-refractivity contribution >= 4 is 0 Å². The highest BCUT2D eigenvalue weighted by molar-refractivity contribution is 4.98. The molecule has 0 aromatic rings. The van der Waals surface area contributed by atoms with E-state index in [1.165, 1.54) is 0 Å². The van der Waals surface area contributed by atoms with Gasteiger partial charge in [-0.1, -0.05) is 55.4 Å². The van der Waals surface area contributed by atoms with Crippen LogP contribution in [0.3, 0.4) is 0 Å². The monoisotopic (exact) mass is 661 g/mol. The minimum atomic E-state index is -0.304. The summed E-state index contributed by atoms with van der Waals surface area (Å²) in [6.45, 7) is 18.6. The van der Waals surface area contributed by atoms with Gasteiger partial charge in [0.25, 0.3) is 0 Å². The number of aliphatic hydroxyl groups is 5. The summed E-state index contributed by atoms with van der Waals surface area (Å²) in [7, 11) is 0. The molecule has 0 spiro atoms. The van der Waals surface area contributed by atoms with E-state index in [1.807, 2.05) is 0 Å². The van der Waals surface area contributed by atoms with Gasteiger partial charge >= 0.3 is 0 Å². The Morgan fingerprint density at radius 2 is 0.745 bits per heavy atom. The van der Waals surface area contributed by atoms with E-state index in [2.05, 4.69) is 55.4 Å². The molecule has 5 fully saturated rings.